The highest BCUT2D eigenvalue weighted by Gasteiger charge is 2.37. The molecule has 2 heterocycles. The summed E-state index contributed by atoms with van der Waals surface area (Å²) in [6.45, 7) is 3.86. The molecule has 1 aliphatic carbocycles. The van der Waals surface area contributed by atoms with Gasteiger partial charge >= 0.3 is 5.97 Å². The van der Waals surface area contributed by atoms with Crippen LogP contribution in [0.15, 0.2) is 24.3 Å². The molecule has 1 aromatic carbocycles. The zero-order valence-electron chi connectivity index (χ0n) is 14.5. The van der Waals surface area contributed by atoms with Crippen LogP contribution in [-0.2, 0) is 20.9 Å². The molecule has 4 rings (SSSR count). The van der Waals surface area contributed by atoms with Gasteiger partial charge < -0.3 is 14.2 Å². The Morgan fingerprint density at radius 3 is 2.88 bits per heavy atom. The normalized spacial score (nSPS) is 20.4. The van der Waals surface area contributed by atoms with Gasteiger partial charge in [0.15, 0.2) is 0 Å². The first kappa shape index (κ1) is 16.1. The molecule has 25 heavy (non-hydrogen) atoms. The van der Waals surface area contributed by atoms with Gasteiger partial charge in [0.2, 0.25) is 5.91 Å². The molecule has 1 atom stereocenters. The van der Waals surface area contributed by atoms with Crippen molar-refractivity contribution in [1.82, 2.24) is 14.5 Å². The van der Waals surface area contributed by atoms with E-state index >= 15 is 0 Å². The SMILES string of the molecule is CCOC(=O)Cn1c([C@H]2CC(=O)N(CC3CC3)C2)nc2ccccc21. The van der Waals surface area contributed by atoms with Gasteiger partial charge in [-0.25, -0.2) is 4.98 Å². The molecule has 2 aliphatic rings. The number of rotatable bonds is 6. The molecule has 6 nitrogen and oxygen atoms in total. The van der Waals surface area contributed by atoms with Crippen molar-refractivity contribution >= 4 is 22.9 Å². The van der Waals surface area contributed by atoms with Crippen molar-refractivity contribution in [3.05, 3.63) is 30.1 Å². The summed E-state index contributed by atoms with van der Waals surface area (Å²) in [5, 5.41) is 0. The van der Waals surface area contributed by atoms with Crippen molar-refractivity contribution < 1.29 is 14.3 Å². The molecule has 0 radical (unpaired) electrons. The summed E-state index contributed by atoms with van der Waals surface area (Å²) in [4.78, 5) is 31.1. The van der Waals surface area contributed by atoms with Crippen LogP contribution < -0.4 is 0 Å². The smallest absolute Gasteiger partial charge is 0.326 e. The summed E-state index contributed by atoms with van der Waals surface area (Å²) < 4.78 is 7.04. The first-order valence-electron chi connectivity index (χ1n) is 9.04. The molecule has 1 saturated heterocycles. The molecule has 0 N–H and O–H groups in total. The predicted octanol–water partition coefficient (Wildman–Crippen LogP) is 2.33. The van der Waals surface area contributed by atoms with Crippen LogP contribution in [0.25, 0.3) is 11.0 Å². The van der Waals surface area contributed by atoms with E-state index in [-0.39, 0.29) is 24.3 Å². The Morgan fingerprint density at radius 2 is 2.12 bits per heavy atom. The molecule has 2 aromatic rings. The van der Waals surface area contributed by atoms with Gasteiger partial charge in [0.1, 0.15) is 12.4 Å². The average molecular weight is 341 g/mol. The van der Waals surface area contributed by atoms with Crippen LogP contribution in [-0.4, -0.2) is 46.0 Å². The van der Waals surface area contributed by atoms with Crippen molar-refractivity contribution in [3.63, 3.8) is 0 Å². The van der Waals surface area contributed by atoms with Gasteiger partial charge in [0.05, 0.1) is 17.6 Å². The molecule has 2 fully saturated rings. The Kier molecular flexibility index (Phi) is 4.19. The van der Waals surface area contributed by atoms with Crippen molar-refractivity contribution in [2.45, 2.75) is 38.6 Å². The van der Waals surface area contributed by atoms with E-state index in [9.17, 15) is 9.59 Å². The summed E-state index contributed by atoms with van der Waals surface area (Å²) in [7, 11) is 0. The number of amides is 1. The maximum atomic E-state index is 12.4. The zero-order chi connectivity index (χ0) is 17.4. The number of benzene rings is 1. The number of esters is 1. The van der Waals surface area contributed by atoms with Gasteiger partial charge in [0, 0.05) is 25.4 Å². The Hall–Kier alpha value is -2.37. The lowest BCUT2D eigenvalue weighted by Gasteiger charge is -2.16. The lowest BCUT2D eigenvalue weighted by atomic mass is 10.1. The van der Waals surface area contributed by atoms with E-state index < -0.39 is 0 Å². The van der Waals surface area contributed by atoms with Gasteiger partial charge in [-0.3, -0.25) is 9.59 Å². The highest BCUT2D eigenvalue weighted by molar-refractivity contribution is 5.82. The van der Waals surface area contributed by atoms with Crippen LogP contribution in [0, 0.1) is 5.92 Å². The number of para-hydroxylation sites is 2. The Bertz CT molecular complexity index is 809. The van der Waals surface area contributed by atoms with Crippen LogP contribution in [0.4, 0.5) is 0 Å². The molecule has 0 unspecified atom stereocenters. The molecular weight excluding hydrogens is 318 g/mol. The van der Waals surface area contributed by atoms with Gasteiger partial charge in [-0.05, 0) is 37.8 Å². The molecule has 1 aromatic heterocycles. The lowest BCUT2D eigenvalue weighted by molar-refractivity contribution is -0.143. The quantitative estimate of drug-likeness (QED) is 0.757. The first-order chi connectivity index (χ1) is 12.2. The molecule has 6 heteroatoms. The fraction of sp³-hybridized carbons (Fsp3) is 0.526. The van der Waals surface area contributed by atoms with Crippen molar-refractivity contribution in [2.75, 3.05) is 19.7 Å². The Balaban J connectivity index is 1.63. The summed E-state index contributed by atoms with van der Waals surface area (Å²) in [6, 6.07) is 7.78. The Labute approximate surface area is 146 Å². The second kappa shape index (κ2) is 6.50. The minimum Gasteiger partial charge on any atom is -0.465 e. The van der Waals surface area contributed by atoms with Crippen molar-refractivity contribution in [2.24, 2.45) is 5.92 Å². The number of hydrogen-bond donors (Lipinski definition) is 0. The van der Waals surface area contributed by atoms with E-state index in [1.807, 2.05) is 33.7 Å². The van der Waals surface area contributed by atoms with Crippen LogP contribution >= 0.6 is 0 Å². The fourth-order valence-electron chi connectivity index (χ4n) is 3.64. The molecule has 1 amide bonds. The van der Waals surface area contributed by atoms with Crippen LogP contribution in [0.2, 0.25) is 0 Å². The lowest BCUT2D eigenvalue weighted by Crippen LogP contribution is -2.27. The highest BCUT2D eigenvalue weighted by Crippen LogP contribution is 2.35. The molecule has 0 spiro atoms. The minimum absolute atomic E-state index is 0.0353. The van der Waals surface area contributed by atoms with E-state index in [0.717, 1.165) is 23.4 Å². The van der Waals surface area contributed by atoms with Crippen molar-refractivity contribution in [1.29, 1.82) is 0 Å². The molecule has 0 bridgehead atoms. The largest absolute Gasteiger partial charge is 0.465 e. The van der Waals surface area contributed by atoms with E-state index in [0.29, 0.717) is 25.5 Å². The maximum absolute atomic E-state index is 12.4. The summed E-state index contributed by atoms with van der Waals surface area (Å²) in [5.74, 6) is 1.47. The standard InChI is InChI=1S/C19H23N3O3/c1-2-25-18(24)12-22-16-6-4-3-5-15(16)20-19(22)14-9-17(23)21(11-14)10-13-7-8-13/h3-6,13-14H,2,7-12H2,1H3/t14-/m0/s1. The molecule has 132 valence electrons. The number of aromatic nitrogens is 2. The van der Waals surface area contributed by atoms with E-state index in [2.05, 4.69) is 0 Å². The van der Waals surface area contributed by atoms with E-state index in [1.54, 1.807) is 6.92 Å². The minimum atomic E-state index is -0.272. The summed E-state index contributed by atoms with van der Waals surface area (Å²) in [6.07, 6.45) is 2.94. The van der Waals surface area contributed by atoms with Gasteiger partial charge in [-0.2, -0.15) is 0 Å². The fourth-order valence-corrected chi connectivity index (χ4v) is 3.64. The van der Waals surface area contributed by atoms with Gasteiger partial charge in [-0.15, -0.1) is 0 Å². The molecule has 1 aliphatic heterocycles. The maximum Gasteiger partial charge on any atom is 0.326 e. The third-order valence-corrected chi connectivity index (χ3v) is 5.03. The number of imidazole rings is 1. The third kappa shape index (κ3) is 3.25. The van der Waals surface area contributed by atoms with Crippen LogP contribution in [0.1, 0.15) is 37.9 Å². The number of fused-ring (bicyclic) bond motifs is 1. The number of carbonyl (C=O) groups excluding carboxylic acids is 2. The van der Waals surface area contributed by atoms with Crippen molar-refractivity contribution in [3.8, 4) is 0 Å². The summed E-state index contributed by atoms with van der Waals surface area (Å²) >= 11 is 0. The molecular formula is C19H23N3O3. The van der Waals surface area contributed by atoms with Gasteiger partial charge in [0.25, 0.3) is 0 Å². The number of carbonyl (C=O) groups is 2. The highest BCUT2D eigenvalue weighted by atomic mass is 16.5. The number of nitrogens with zero attached hydrogens (tertiary/aromatic N) is 3. The predicted molar refractivity (Wildman–Crippen MR) is 93.0 cm³/mol. The number of likely N-dealkylation sites (tertiary alicyclic amines) is 1. The second-order valence-electron chi connectivity index (χ2n) is 6.99. The monoisotopic (exact) mass is 341 g/mol. The van der Waals surface area contributed by atoms with Crippen LogP contribution in [0.3, 0.4) is 0 Å². The zero-order valence-corrected chi connectivity index (χ0v) is 14.5. The molecule has 1 saturated carbocycles. The van der Waals surface area contributed by atoms with Gasteiger partial charge in [-0.1, -0.05) is 12.1 Å². The Morgan fingerprint density at radius 1 is 1.32 bits per heavy atom. The topological polar surface area (TPSA) is 64.4 Å². The van der Waals surface area contributed by atoms with Crippen LogP contribution in [0.5, 0.6) is 0 Å². The number of ether oxygens (including phenoxy) is 1. The number of hydrogen-bond acceptors (Lipinski definition) is 4. The second-order valence-corrected chi connectivity index (χ2v) is 6.99. The first-order valence-corrected chi connectivity index (χ1v) is 9.04. The van der Waals surface area contributed by atoms with E-state index in [1.165, 1.54) is 12.8 Å². The third-order valence-electron chi connectivity index (χ3n) is 5.03. The average Bonchev–Trinajstić information content (AvgIpc) is 3.24. The summed E-state index contributed by atoms with van der Waals surface area (Å²) in [5.41, 5.74) is 1.77. The van der Waals surface area contributed by atoms with E-state index in [4.69, 9.17) is 9.72 Å².